The molecule has 1 amide bonds. The van der Waals surface area contributed by atoms with Crippen molar-refractivity contribution in [3.05, 3.63) is 0 Å². The Morgan fingerprint density at radius 3 is 2.40 bits per heavy atom. The number of ether oxygens (including phenoxy) is 2. The predicted octanol–water partition coefficient (Wildman–Crippen LogP) is -0.383. The fourth-order valence-corrected chi connectivity index (χ4v) is 0.871. The van der Waals surface area contributed by atoms with Crippen LogP contribution < -0.4 is 5.32 Å². The van der Waals surface area contributed by atoms with Gasteiger partial charge in [-0.1, -0.05) is 0 Å². The van der Waals surface area contributed by atoms with Crippen LogP contribution in [0.4, 0.5) is 0 Å². The minimum Gasteiger partial charge on any atom is -0.467 e. The number of rotatable bonds is 5. The van der Waals surface area contributed by atoms with Gasteiger partial charge in [0.05, 0.1) is 13.7 Å². The third-order valence-corrected chi connectivity index (χ3v) is 1.54. The van der Waals surface area contributed by atoms with E-state index in [1.54, 1.807) is 6.92 Å². The van der Waals surface area contributed by atoms with Gasteiger partial charge in [-0.2, -0.15) is 0 Å². The lowest BCUT2D eigenvalue weighted by molar-refractivity contribution is -0.149. The van der Waals surface area contributed by atoms with Crippen LogP contribution in [0.25, 0.3) is 0 Å². The highest BCUT2D eigenvalue weighted by molar-refractivity contribution is 5.95. The normalized spacial score (nSPS) is 11.4. The van der Waals surface area contributed by atoms with E-state index in [1.165, 1.54) is 14.0 Å². The van der Waals surface area contributed by atoms with Crippen LogP contribution >= 0.6 is 0 Å². The summed E-state index contributed by atoms with van der Waals surface area (Å²) in [4.78, 5) is 32.9. The summed E-state index contributed by atoms with van der Waals surface area (Å²) in [6, 6.07) is -0.767. The van der Waals surface area contributed by atoms with E-state index in [1.807, 2.05) is 0 Å². The Hall–Kier alpha value is -1.59. The summed E-state index contributed by atoms with van der Waals surface area (Å²) in [5, 5.41) is 2.31. The second kappa shape index (κ2) is 6.80. The largest absolute Gasteiger partial charge is 0.467 e. The van der Waals surface area contributed by atoms with E-state index in [-0.39, 0.29) is 6.61 Å². The summed E-state index contributed by atoms with van der Waals surface area (Å²) in [5.74, 6) is -1.74. The molecule has 0 aromatic carbocycles. The Morgan fingerprint density at radius 2 is 1.93 bits per heavy atom. The van der Waals surface area contributed by atoms with Crippen molar-refractivity contribution in [2.45, 2.75) is 26.3 Å². The van der Waals surface area contributed by atoms with Gasteiger partial charge in [0.15, 0.2) is 0 Å². The van der Waals surface area contributed by atoms with E-state index >= 15 is 0 Å². The molecule has 0 rings (SSSR count). The molecule has 0 aliphatic carbocycles. The molecule has 0 aliphatic heterocycles. The van der Waals surface area contributed by atoms with E-state index in [2.05, 4.69) is 14.8 Å². The zero-order valence-electron chi connectivity index (χ0n) is 9.03. The monoisotopic (exact) mass is 217 g/mol. The molecule has 0 aromatic rings. The van der Waals surface area contributed by atoms with E-state index < -0.39 is 30.3 Å². The maximum atomic E-state index is 11.1. The quantitative estimate of drug-likeness (QED) is 0.501. The Morgan fingerprint density at radius 1 is 1.33 bits per heavy atom. The number of nitrogens with one attached hydrogen (secondary N) is 1. The van der Waals surface area contributed by atoms with Crippen LogP contribution in [-0.2, 0) is 23.9 Å². The standard InChI is InChI=1S/C9H15NO5/c1-4-15-8(12)5-7(11)10-6(2)9(13)14-3/h6H,4-5H2,1-3H3,(H,10,11). The molecule has 0 radical (unpaired) electrons. The minimum absolute atomic E-state index is 0.221. The second-order valence-electron chi connectivity index (χ2n) is 2.79. The van der Waals surface area contributed by atoms with Crippen LogP contribution in [0, 0.1) is 0 Å². The molecule has 0 spiro atoms. The summed E-state index contributed by atoms with van der Waals surface area (Å²) in [5.41, 5.74) is 0. The average molecular weight is 217 g/mol. The van der Waals surface area contributed by atoms with Crippen LogP contribution in [0.5, 0.6) is 0 Å². The van der Waals surface area contributed by atoms with Gasteiger partial charge in [-0.05, 0) is 13.8 Å². The Bertz CT molecular complexity index is 251. The molecule has 0 heterocycles. The van der Waals surface area contributed by atoms with Gasteiger partial charge in [0, 0.05) is 0 Å². The summed E-state index contributed by atoms with van der Waals surface area (Å²) >= 11 is 0. The van der Waals surface area contributed by atoms with Crippen molar-refractivity contribution in [3.63, 3.8) is 0 Å². The molecule has 86 valence electrons. The molecule has 15 heavy (non-hydrogen) atoms. The molecular formula is C9H15NO5. The zero-order chi connectivity index (χ0) is 11.8. The first-order valence-corrected chi connectivity index (χ1v) is 4.54. The molecule has 6 nitrogen and oxygen atoms in total. The predicted molar refractivity (Wildman–Crippen MR) is 50.9 cm³/mol. The maximum absolute atomic E-state index is 11.1. The van der Waals surface area contributed by atoms with Gasteiger partial charge in [0.2, 0.25) is 5.91 Å². The lowest BCUT2D eigenvalue weighted by Gasteiger charge is -2.10. The highest BCUT2D eigenvalue weighted by atomic mass is 16.5. The number of carbonyl (C=O) groups excluding carboxylic acids is 3. The van der Waals surface area contributed by atoms with Crippen molar-refractivity contribution >= 4 is 17.8 Å². The lowest BCUT2D eigenvalue weighted by Crippen LogP contribution is -2.40. The summed E-state index contributed by atoms with van der Waals surface area (Å²) in [7, 11) is 1.22. The highest BCUT2D eigenvalue weighted by Gasteiger charge is 2.17. The smallest absolute Gasteiger partial charge is 0.328 e. The van der Waals surface area contributed by atoms with Crippen molar-refractivity contribution < 1.29 is 23.9 Å². The number of esters is 2. The third-order valence-electron chi connectivity index (χ3n) is 1.54. The van der Waals surface area contributed by atoms with Crippen molar-refractivity contribution in [2.75, 3.05) is 13.7 Å². The van der Waals surface area contributed by atoms with Crippen LogP contribution in [0.2, 0.25) is 0 Å². The highest BCUT2D eigenvalue weighted by Crippen LogP contribution is 1.90. The fraction of sp³-hybridized carbons (Fsp3) is 0.667. The number of methoxy groups -OCH3 is 1. The molecule has 0 aliphatic rings. The van der Waals surface area contributed by atoms with Crippen molar-refractivity contribution in [2.24, 2.45) is 0 Å². The first-order chi connectivity index (χ1) is 7.01. The Kier molecular flexibility index (Phi) is 6.08. The van der Waals surface area contributed by atoms with Gasteiger partial charge in [-0.3, -0.25) is 9.59 Å². The van der Waals surface area contributed by atoms with Crippen molar-refractivity contribution in [3.8, 4) is 0 Å². The number of amides is 1. The Balaban J connectivity index is 3.93. The second-order valence-corrected chi connectivity index (χ2v) is 2.79. The SMILES string of the molecule is CCOC(=O)CC(=O)NC(C)C(=O)OC. The lowest BCUT2D eigenvalue weighted by atomic mass is 10.3. The van der Waals surface area contributed by atoms with Crippen LogP contribution in [0.3, 0.4) is 0 Å². The average Bonchev–Trinajstić information content (AvgIpc) is 2.16. The van der Waals surface area contributed by atoms with Crippen molar-refractivity contribution in [1.29, 1.82) is 0 Å². The zero-order valence-corrected chi connectivity index (χ0v) is 9.03. The van der Waals surface area contributed by atoms with Gasteiger partial charge >= 0.3 is 11.9 Å². The molecule has 1 N–H and O–H groups in total. The summed E-state index contributed by atoms with van der Waals surface area (Å²) in [6.07, 6.45) is -0.394. The topological polar surface area (TPSA) is 81.7 Å². The van der Waals surface area contributed by atoms with Crippen LogP contribution in [0.15, 0.2) is 0 Å². The third kappa shape index (κ3) is 5.66. The molecule has 0 saturated heterocycles. The van der Waals surface area contributed by atoms with Gasteiger partial charge in [0.25, 0.3) is 0 Å². The maximum Gasteiger partial charge on any atom is 0.328 e. The summed E-state index contributed by atoms with van der Waals surface area (Å²) in [6.45, 7) is 3.33. The minimum atomic E-state index is -0.767. The molecule has 1 atom stereocenters. The molecular weight excluding hydrogens is 202 g/mol. The number of hydrogen-bond donors (Lipinski definition) is 1. The molecule has 1 unspecified atom stereocenters. The van der Waals surface area contributed by atoms with E-state index in [0.717, 1.165) is 0 Å². The molecule has 0 bridgehead atoms. The number of carbonyl (C=O) groups is 3. The molecule has 0 saturated carbocycles. The fourth-order valence-electron chi connectivity index (χ4n) is 0.871. The Labute approximate surface area is 87.9 Å². The van der Waals surface area contributed by atoms with E-state index in [0.29, 0.717) is 0 Å². The molecule has 0 fully saturated rings. The summed E-state index contributed by atoms with van der Waals surface area (Å²) < 4.78 is 8.96. The van der Waals surface area contributed by atoms with Gasteiger partial charge in [-0.25, -0.2) is 4.79 Å². The molecule has 6 heteroatoms. The van der Waals surface area contributed by atoms with Gasteiger partial charge in [0.1, 0.15) is 12.5 Å². The van der Waals surface area contributed by atoms with Crippen LogP contribution in [-0.4, -0.2) is 37.6 Å². The molecule has 0 aromatic heterocycles. The van der Waals surface area contributed by atoms with Crippen molar-refractivity contribution in [1.82, 2.24) is 5.32 Å². The van der Waals surface area contributed by atoms with Gasteiger partial charge in [-0.15, -0.1) is 0 Å². The van der Waals surface area contributed by atoms with Gasteiger partial charge < -0.3 is 14.8 Å². The first-order valence-electron chi connectivity index (χ1n) is 4.54. The van der Waals surface area contributed by atoms with E-state index in [4.69, 9.17) is 0 Å². The number of hydrogen-bond acceptors (Lipinski definition) is 5. The van der Waals surface area contributed by atoms with Crippen LogP contribution in [0.1, 0.15) is 20.3 Å². The first kappa shape index (κ1) is 13.4. The van der Waals surface area contributed by atoms with E-state index in [9.17, 15) is 14.4 Å².